The fourth-order valence-electron chi connectivity index (χ4n) is 1.48. The predicted octanol–water partition coefficient (Wildman–Crippen LogP) is 3.85. The lowest BCUT2D eigenvalue weighted by atomic mass is 9.92. The molecule has 0 fully saturated rings. The van der Waals surface area contributed by atoms with Gasteiger partial charge < -0.3 is 5.73 Å². The van der Waals surface area contributed by atoms with Crippen LogP contribution in [-0.4, -0.2) is 9.97 Å². The monoisotopic (exact) mass is 311 g/mol. The molecule has 2 heterocycles. The Bertz CT molecular complexity index is 529. The highest BCUT2D eigenvalue weighted by Gasteiger charge is 2.22. The number of aromatic nitrogens is 2. The molecule has 0 aliphatic rings. The summed E-state index contributed by atoms with van der Waals surface area (Å²) in [6, 6.07) is 2.00. The normalized spacial score (nSPS) is 11.8. The number of hydrogen-bond acceptors (Lipinski definition) is 4. The molecule has 0 aromatic carbocycles. The molecule has 17 heavy (non-hydrogen) atoms. The van der Waals surface area contributed by atoms with Crippen molar-refractivity contribution in [2.24, 2.45) is 0 Å². The molecule has 0 unspecified atom stereocenters. The minimum absolute atomic E-state index is 0.0688. The Morgan fingerprint density at radius 1 is 1.29 bits per heavy atom. The van der Waals surface area contributed by atoms with E-state index in [4.69, 9.17) is 5.73 Å². The van der Waals surface area contributed by atoms with Gasteiger partial charge in [0.15, 0.2) is 5.82 Å². The average Bonchev–Trinajstić information content (AvgIpc) is 2.73. The van der Waals surface area contributed by atoms with Crippen molar-refractivity contribution in [2.45, 2.75) is 26.2 Å². The fraction of sp³-hybridized carbons (Fsp3) is 0.333. The van der Waals surface area contributed by atoms with Crippen LogP contribution in [0.5, 0.6) is 0 Å². The van der Waals surface area contributed by atoms with Gasteiger partial charge in [0.1, 0.15) is 5.82 Å². The van der Waals surface area contributed by atoms with Gasteiger partial charge in [0.25, 0.3) is 0 Å². The maximum atomic E-state index is 5.93. The number of thiophene rings is 1. The summed E-state index contributed by atoms with van der Waals surface area (Å²) in [6.07, 6.45) is 0. The molecule has 2 N–H and O–H groups in total. The van der Waals surface area contributed by atoms with Crippen LogP contribution in [0.15, 0.2) is 21.3 Å². The number of anilines is 1. The molecule has 0 saturated carbocycles. The summed E-state index contributed by atoms with van der Waals surface area (Å²) in [5.74, 6) is 1.18. The molecule has 0 atom stereocenters. The predicted molar refractivity (Wildman–Crippen MR) is 76.2 cm³/mol. The molecule has 2 rings (SSSR count). The fourth-order valence-corrected chi connectivity index (χ4v) is 2.89. The van der Waals surface area contributed by atoms with Gasteiger partial charge in [0.2, 0.25) is 0 Å². The number of nitrogen functional groups attached to an aromatic ring is 1. The van der Waals surface area contributed by atoms with Crippen molar-refractivity contribution in [1.29, 1.82) is 0 Å². The van der Waals surface area contributed by atoms with Crippen LogP contribution in [0.25, 0.3) is 11.4 Å². The first-order valence-electron chi connectivity index (χ1n) is 5.25. The first-order chi connectivity index (χ1) is 7.89. The molecule has 0 saturated heterocycles. The largest absolute Gasteiger partial charge is 0.383 e. The summed E-state index contributed by atoms with van der Waals surface area (Å²) in [5, 5.41) is 4.03. The Morgan fingerprint density at radius 2 is 2.00 bits per heavy atom. The summed E-state index contributed by atoms with van der Waals surface area (Å²) in [6.45, 7) is 6.32. The van der Waals surface area contributed by atoms with E-state index in [1.165, 1.54) is 0 Å². The van der Waals surface area contributed by atoms with Crippen molar-refractivity contribution < 1.29 is 0 Å². The van der Waals surface area contributed by atoms with Crippen molar-refractivity contribution in [3.05, 3.63) is 27.0 Å². The molecular formula is C12H14BrN3S. The zero-order valence-corrected chi connectivity index (χ0v) is 12.4. The Morgan fingerprint density at radius 3 is 2.53 bits per heavy atom. The van der Waals surface area contributed by atoms with Crippen LogP contribution >= 0.6 is 27.3 Å². The van der Waals surface area contributed by atoms with Gasteiger partial charge in [-0.25, -0.2) is 9.97 Å². The molecule has 0 amide bonds. The van der Waals surface area contributed by atoms with Gasteiger partial charge in [-0.05, 0) is 27.4 Å². The molecule has 0 bridgehead atoms. The van der Waals surface area contributed by atoms with Crippen molar-refractivity contribution in [3.8, 4) is 11.4 Å². The lowest BCUT2D eigenvalue weighted by Gasteiger charge is -2.20. The molecule has 3 nitrogen and oxygen atoms in total. The number of nitrogens with zero attached hydrogens (tertiary/aromatic N) is 2. The highest BCUT2D eigenvalue weighted by atomic mass is 79.9. The Kier molecular flexibility index (Phi) is 3.23. The Balaban J connectivity index is 2.62. The zero-order valence-electron chi connectivity index (χ0n) is 9.99. The summed E-state index contributed by atoms with van der Waals surface area (Å²) >= 11 is 5.09. The third-order valence-electron chi connectivity index (χ3n) is 2.37. The van der Waals surface area contributed by atoms with E-state index in [2.05, 4.69) is 46.7 Å². The maximum absolute atomic E-state index is 5.93. The number of halogens is 1. The van der Waals surface area contributed by atoms with Crippen LogP contribution in [0.1, 0.15) is 26.5 Å². The van der Waals surface area contributed by atoms with Crippen molar-refractivity contribution in [3.63, 3.8) is 0 Å². The first kappa shape index (κ1) is 12.5. The van der Waals surface area contributed by atoms with E-state index in [1.807, 2.05) is 16.8 Å². The molecule has 0 spiro atoms. The summed E-state index contributed by atoms with van der Waals surface area (Å²) in [4.78, 5) is 8.93. The molecular weight excluding hydrogens is 298 g/mol. The molecule has 2 aromatic heterocycles. The van der Waals surface area contributed by atoms with Crippen LogP contribution < -0.4 is 5.73 Å². The lowest BCUT2D eigenvalue weighted by molar-refractivity contribution is 0.565. The van der Waals surface area contributed by atoms with Gasteiger partial charge in [-0.2, -0.15) is 11.3 Å². The highest BCUT2D eigenvalue weighted by molar-refractivity contribution is 9.10. The van der Waals surface area contributed by atoms with E-state index < -0.39 is 0 Å². The molecule has 0 aliphatic carbocycles. The van der Waals surface area contributed by atoms with Gasteiger partial charge in [0.05, 0.1) is 10.2 Å². The molecule has 0 aliphatic heterocycles. The van der Waals surface area contributed by atoms with Crippen LogP contribution in [-0.2, 0) is 5.41 Å². The van der Waals surface area contributed by atoms with Crippen LogP contribution in [0.3, 0.4) is 0 Å². The van der Waals surface area contributed by atoms with E-state index in [1.54, 1.807) is 11.3 Å². The van der Waals surface area contributed by atoms with Crippen molar-refractivity contribution in [1.82, 2.24) is 9.97 Å². The Hall–Kier alpha value is -0.940. The van der Waals surface area contributed by atoms with Gasteiger partial charge in [-0.3, -0.25) is 0 Å². The average molecular weight is 312 g/mol. The van der Waals surface area contributed by atoms with E-state index >= 15 is 0 Å². The second-order valence-corrected chi connectivity index (χ2v) is 6.43. The quantitative estimate of drug-likeness (QED) is 0.870. The SMILES string of the molecule is CC(C)(C)c1nc(-c2ccsc2)nc(N)c1Br. The highest BCUT2D eigenvalue weighted by Crippen LogP contribution is 2.33. The Labute approximate surface area is 113 Å². The second kappa shape index (κ2) is 4.38. The number of nitrogens with two attached hydrogens (primary N) is 1. The number of rotatable bonds is 1. The van der Waals surface area contributed by atoms with Crippen LogP contribution in [0.2, 0.25) is 0 Å². The van der Waals surface area contributed by atoms with Gasteiger partial charge in [-0.15, -0.1) is 0 Å². The minimum Gasteiger partial charge on any atom is -0.383 e. The van der Waals surface area contributed by atoms with Gasteiger partial charge >= 0.3 is 0 Å². The molecule has 90 valence electrons. The molecule has 5 heteroatoms. The topological polar surface area (TPSA) is 51.8 Å². The van der Waals surface area contributed by atoms with Crippen LogP contribution in [0.4, 0.5) is 5.82 Å². The minimum atomic E-state index is -0.0688. The first-order valence-corrected chi connectivity index (χ1v) is 6.99. The third-order valence-corrected chi connectivity index (χ3v) is 3.83. The third kappa shape index (κ3) is 2.50. The van der Waals surface area contributed by atoms with E-state index in [0.717, 1.165) is 15.7 Å². The van der Waals surface area contributed by atoms with Gasteiger partial charge in [0, 0.05) is 16.4 Å². The molecule has 2 aromatic rings. The van der Waals surface area contributed by atoms with E-state index in [9.17, 15) is 0 Å². The summed E-state index contributed by atoms with van der Waals surface area (Å²) in [7, 11) is 0. The second-order valence-electron chi connectivity index (χ2n) is 4.86. The van der Waals surface area contributed by atoms with Crippen molar-refractivity contribution in [2.75, 3.05) is 5.73 Å². The lowest BCUT2D eigenvalue weighted by Crippen LogP contribution is -2.17. The maximum Gasteiger partial charge on any atom is 0.162 e. The molecule has 0 radical (unpaired) electrons. The zero-order chi connectivity index (χ0) is 12.6. The standard InChI is InChI=1S/C12H14BrN3S/c1-12(2,3)9-8(13)10(14)16-11(15-9)7-4-5-17-6-7/h4-6H,1-3H3,(H2,14,15,16). The van der Waals surface area contributed by atoms with Crippen LogP contribution in [0, 0.1) is 0 Å². The smallest absolute Gasteiger partial charge is 0.162 e. The summed E-state index contributed by atoms with van der Waals surface area (Å²) in [5.41, 5.74) is 7.81. The van der Waals surface area contributed by atoms with E-state index in [-0.39, 0.29) is 5.41 Å². The van der Waals surface area contributed by atoms with Gasteiger partial charge in [-0.1, -0.05) is 20.8 Å². The number of hydrogen-bond donors (Lipinski definition) is 1. The summed E-state index contributed by atoms with van der Waals surface area (Å²) < 4.78 is 0.795. The van der Waals surface area contributed by atoms with E-state index in [0.29, 0.717) is 11.6 Å². The van der Waals surface area contributed by atoms with Crippen molar-refractivity contribution >= 4 is 33.1 Å².